The fraction of sp³-hybridized carbons (Fsp3) is 0.435. The highest BCUT2D eigenvalue weighted by molar-refractivity contribution is 5.81. The number of hydrogen-bond donors (Lipinski definition) is 2. The van der Waals surface area contributed by atoms with E-state index in [1.165, 1.54) is 49.7 Å². The number of hydrogen-bond acceptors (Lipinski definition) is 3. The number of fused-ring (bicyclic) bond motifs is 1. The second-order valence-corrected chi connectivity index (χ2v) is 7.55. The smallest absolute Gasteiger partial charge is 0.119 e. The zero-order chi connectivity index (χ0) is 18.3. The summed E-state index contributed by atoms with van der Waals surface area (Å²) in [6.45, 7) is 2.73. The maximum Gasteiger partial charge on any atom is 0.119 e. The number of imidazole rings is 1. The predicted octanol–water partition coefficient (Wildman–Crippen LogP) is 5.17. The molecule has 4 rings (SSSR count). The third-order valence-corrected chi connectivity index (χ3v) is 5.61. The van der Waals surface area contributed by atoms with Crippen molar-refractivity contribution in [3.63, 3.8) is 0 Å². The number of aromatic amines is 1. The molecule has 1 aromatic heterocycles. The van der Waals surface area contributed by atoms with Gasteiger partial charge in [-0.25, -0.2) is 4.98 Å². The first-order valence-electron chi connectivity index (χ1n) is 10.3. The lowest BCUT2D eigenvalue weighted by atomic mass is 9.87. The summed E-state index contributed by atoms with van der Waals surface area (Å²) in [5, 5.41) is 3.52. The maximum absolute atomic E-state index is 5.87. The normalized spacial score (nSPS) is 15.3. The van der Waals surface area contributed by atoms with E-state index in [1.54, 1.807) is 6.33 Å². The van der Waals surface area contributed by atoms with Gasteiger partial charge in [0.2, 0.25) is 0 Å². The van der Waals surface area contributed by atoms with E-state index in [1.807, 2.05) is 6.07 Å². The van der Waals surface area contributed by atoms with Crippen molar-refractivity contribution in [1.29, 1.82) is 0 Å². The summed E-state index contributed by atoms with van der Waals surface area (Å²) in [6, 6.07) is 14.6. The van der Waals surface area contributed by atoms with Gasteiger partial charge < -0.3 is 15.0 Å². The molecule has 2 N–H and O–H groups in total. The van der Waals surface area contributed by atoms with Gasteiger partial charge >= 0.3 is 0 Å². The summed E-state index contributed by atoms with van der Waals surface area (Å²) in [7, 11) is 0. The lowest BCUT2D eigenvalue weighted by Gasteiger charge is -2.21. The minimum Gasteiger partial charge on any atom is -0.492 e. The van der Waals surface area contributed by atoms with Crippen molar-refractivity contribution in [1.82, 2.24) is 15.3 Å². The Balaban J connectivity index is 1.20. The zero-order valence-electron chi connectivity index (χ0n) is 15.9. The van der Waals surface area contributed by atoms with E-state index in [0.29, 0.717) is 6.61 Å². The monoisotopic (exact) mass is 363 g/mol. The van der Waals surface area contributed by atoms with Crippen LogP contribution in [0.15, 0.2) is 48.8 Å². The third-order valence-electron chi connectivity index (χ3n) is 5.61. The van der Waals surface area contributed by atoms with Crippen LogP contribution in [0.5, 0.6) is 5.75 Å². The minimum absolute atomic E-state index is 0.712. The second kappa shape index (κ2) is 9.05. The first-order chi connectivity index (χ1) is 13.4. The van der Waals surface area contributed by atoms with E-state index in [4.69, 9.17) is 4.74 Å². The highest BCUT2D eigenvalue weighted by Gasteiger charge is 2.12. The molecule has 0 radical (unpaired) electrons. The molecule has 0 bridgehead atoms. The molecule has 0 aliphatic heterocycles. The summed E-state index contributed by atoms with van der Waals surface area (Å²) in [6.07, 6.45) is 10.2. The molecule has 1 fully saturated rings. The van der Waals surface area contributed by atoms with Crippen molar-refractivity contribution in [2.75, 3.05) is 19.7 Å². The van der Waals surface area contributed by atoms with E-state index >= 15 is 0 Å². The van der Waals surface area contributed by atoms with Crippen LogP contribution in [-0.2, 0) is 0 Å². The highest BCUT2D eigenvalue weighted by Crippen LogP contribution is 2.26. The van der Waals surface area contributed by atoms with Crippen molar-refractivity contribution < 1.29 is 4.74 Å². The Hall–Kier alpha value is -2.33. The van der Waals surface area contributed by atoms with Gasteiger partial charge in [-0.2, -0.15) is 0 Å². The summed E-state index contributed by atoms with van der Waals surface area (Å²) < 4.78 is 5.87. The standard InChI is InChI=1S/C23H29N3O/c1-2-4-18(5-3-1)12-13-24-14-15-27-21-9-6-19(7-10-21)20-8-11-22-23(16-20)26-17-25-22/h6-11,16-18,24H,1-5,12-15H2,(H,25,26). The van der Waals surface area contributed by atoms with Gasteiger partial charge in [0.15, 0.2) is 0 Å². The Kier molecular flexibility index (Phi) is 6.05. The molecule has 3 aromatic rings. The van der Waals surface area contributed by atoms with Crippen molar-refractivity contribution in [3.05, 3.63) is 48.8 Å². The average Bonchev–Trinajstić information content (AvgIpc) is 3.20. The number of H-pyrrole nitrogens is 1. The lowest BCUT2D eigenvalue weighted by molar-refractivity contribution is 0.301. The zero-order valence-corrected chi connectivity index (χ0v) is 15.9. The van der Waals surface area contributed by atoms with Gasteiger partial charge in [-0.3, -0.25) is 0 Å². The number of benzene rings is 2. The van der Waals surface area contributed by atoms with Crippen molar-refractivity contribution >= 4 is 11.0 Å². The Morgan fingerprint density at radius 2 is 1.78 bits per heavy atom. The molecule has 0 atom stereocenters. The highest BCUT2D eigenvalue weighted by atomic mass is 16.5. The van der Waals surface area contributed by atoms with Gasteiger partial charge in [0.05, 0.1) is 17.4 Å². The molecule has 0 unspecified atom stereocenters. The van der Waals surface area contributed by atoms with Gasteiger partial charge in [-0.05, 0) is 54.3 Å². The molecule has 1 aliphatic carbocycles. The van der Waals surface area contributed by atoms with Crippen molar-refractivity contribution in [3.8, 4) is 16.9 Å². The van der Waals surface area contributed by atoms with Crippen molar-refractivity contribution in [2.24, 2.45) is 5.92 Å². The van der Waals surface area contributed by atoms with Crippen LogP contribution in [0.3, 0.4) is 0 Å². The summed E-state index contributed by atoms with van der Waals surface area (Å²) >= 11 is 0. The van der Waals surface area contributed by atoms with Crippen LogP contribution in [-0.4, -0.2) is 29.7 Å². The first-order valence-corrected chi connectivity index (χ1v) is 10.3. The summed E-state index contributed by atoms with van der Waals surface area (Å²) in [5.41, 5.74) is 4.42. The predicted molar refractivity (Wildman–Crippen MR) is 111 cm³/mol. The average molecular weight is 364 g/mol. The third kappa shape index (κ3) is 4.89. The largest absolute Gasteiger partial charge is 0.492 e. The van der Waals surface area contributed by atoms with Crippen LogP contribution < -0.4 is 10.1 Å². The molecule has 1 saturated carbocycles. The van der Waals surface area contributed by atoms with Crippen LogP contribution in [0, 0.1) is 5.92 Å². The molecular formula is C23H29N3O. The molecule has 4 heteroatoms. The van der Waals surface area contributed by atoms with Gasteiger partial charge in [-0.1, -0.05) is 50.3 Å². The van der Waals surface area contributed by atoms with Gasteiger partial charge in [0.1, 0.15) is 12.4 Å². The van der Waals surface area contributed by atoms with Gasteiger partial charge in [-0.15, -0.1) is 0 Å². The molecule has 1 heterocycles. The molecule has 2 aromatic carbocycles. The van der Waals surface area contributed by atoms with Crippen LogP contribution in [0.1, 0.15) is 38.5 Å². The number of aromatic nitrogens is 2. The fourth-order valence-electron chi connectivity index (χ4n) is 4.01. The Morgan fingerprint density at radius 3 is 2.63 bits per heavy atom. The molecule has 0 amide bonds. The fourth-order valence-corrected chi connectivity index (χ4v) is 4.01. The molecule has 0 saturated heterocycles. The second-order valence-electron chi connectivity index (χ2n) is 7.55. The SMILES string of the molecule is c1nc2ccc(-c3ccc(OCCNCCC4CCCCC4)cc3)cc2[nH]1. The molecule has 0 spiro atoms. The first kappa shape index (κ1) is 18.1. The molecular weight excluding hydrogens is 334 g/mol. The Labute approximate surface area is 161 Å². The van der Waals surface area contributed by atoms with Crippen LogP contribution in [0.2, 0.25) is 0 Å². The molecule has 4 nitrogen and oxygen atoms in total. The molecule has 27 heavy (non-hydrogen) atoms. The summed E-state index contributed by atoms with van der Waals surface area (Å²) in [4.78, 5) is 7.43. The minimum atomic E-state index is 0.712. The van der Waals surface area contributed by atoms with Crippen LogP contribution in [0.4, 0.5) is 0 Å². The summed E-state index contributed by atoms with van der Waals surface area (Å²) in [5.74, 6) is 1.87. The van der Waals surface area contributed by atoms with Gasteiger partial charge in [0.25, 0.3) is 0 Å². The van der Waals surface area contributed by atoms with Crippen molar-refractivity contribution in [2.45, 2.75) is 38.5 Å². The van der Waals surface area contributed by atoms with E-state index < -0.39 is 0 Å². The molecule has 1 aliphatic rings. The molecule has 142 valence electrons. The van der Waals surface area contributed by atoms with E-state index in [0.717, 1.165) is 35.8 Å². The van der Waals surface area contributed by atoms with Crippen LogP contribution in [0.25, 0.3) is 22.2 Å². The number of nitrogens with one attached hydrogen (secondary N) is 2. The van der Waals surface area contributed by atoms with E-state index in [9.17, 15) is 0 Å². The van der Waals surface area contributed by atoms with E-state index in [2.05, 4.69) is 51.7 Å². The Bertz CT molecular complexity index is 834. The van der Waals surface area contributed by atoms with E-state index in [-0.39, 0.29) is 0 Å². The number of ether oxygens (including phenoxy) is 1. The lowest BCUT2D eigenvalue weighted by Crippen LogP contribution is -2.24. The maximum atomic E-state index is 5.87. The number of rotatable bonds is 8. The number of nitrogens with zero attached hydrogens (tertiary/aromatic N) is 1. The van der Waals surface area contributed by atoms with Crippen LogP contribution >= 0.6 is 0 Å². The topological polar surface area (TPSA) is 49.9 Å². The van der Waals surface area contributed by atoms with Gasteiger partial charge in [0, 0.05) is 6.54 Å². The Morgan fingerprint density at radius 1 is 0.963 bits per heavy atom. The quantitative estimate of drug-likeness (QED) is 0.543.